The van der Waals surface area contributed by atoms with E-state index in [-0.39, 0.29) is 37.5 Å². The smallest absolute Gasteiger partial charge is 0.254 e. The van der Waals surface area contributed by atoms with Crippen LogP contribution in [0.5, 0.6) is 0 Å². The number of carbonyl (C=O) groups is 3. The fourth-order valence-electron chi connectivity index (χ4n) is 3.59. The standard InChI is InChI=1S/C25H22ClN3O3/c1-27(25(32)20-9-7-19(8-10-20)18-5-3-2-4-6-18)15-23(30)28-16-24(31)29(17-28)22-13-11-21(26)12-14-22/h2-14H,15-17H2,1H3. The average Bonchev–Trinajstić information content (AvgIpc) is 3.21. The minimum absolute atomic E-state index is 0.0186. The van der Waals surface area contributed by atoms with Crippen LogP contribution in [0.4, 0.5) is 5.69 Å². The lowest BCUT2D eigenvalue weighted by atomic mass is 10.0. The molecule has 162 valence electrons. The van der Waals surface area contributed by atoms with Crippen LogP contribution in [0.3, 0.4) is 0 Å². The van der Waals surface area contributed by atoms with Gasteiger partial charge in [0.1, 0.15) is 13.2 Å². The summed E-state index contributed by atoms with van der Waals surface area (Å²) in [6.45, 7) is 0.0172. The van der Waals surface area contributed by atoms with Crippen LogP contribution < -0.4 is 4.90 Å². The molecule has 32 heavy (non-hydrogen) atoms. The van der Waals surface area contributed by atoms with E-state index in [1.54, 1.807) is 43.4 Å². The zero-order valence-corrected chi connectivity index (χ0v) is 18.3. The number of anilines is 1. The van der Waals surface area contributed by atoms with Crippen molar-refractivity contribution in [3.63, 3.8) is 0 Å². The molecule has 4 rings (SSSR count). The number of halogens is 1. The summed E-state index contributed by atoms with van der Waals surface area (Å²) in [7, 11) is 1.58. The van der Waals surface area contributed by atoms with Crippen LogP contribution in [-0.2, 0) is 9.59 Å². The van der Waals surface area contributed by atoms with Crippen LogP contribution in [0.2, 0.25) is 5.02 Å². The van der Waals surface area contributed by atoms with Crippen molar-refractivity contribution >= 4 is 35.0 Å². The molecule has 0 aliphatic carbocycles. The first kappa shape index (κ1) is 21.6. The number of nitrogens with zero attached hydrogens (tertiary/aromatic N) is 3. The second kappa shape index (κ2) is 9.24. The van der Waals surface area contributed by atoms with Crippen molar-refractivity contribution in [2.45, 2.75) is 0 Å². The van der Waals surface area contributed by atoms with Gasteiger partial charge in [0.25, 0.3) is 5.91 Å². The Bertz CT molecular complexity index is 1130. The van der Waals surface area contributed by atoms with E-state index in [0.29, 0.717) is 16.3 Å². The minimum atomic E-state index is -0.286. The third-order valence-corrected chi connectivity index (χ3v) is 5.64. The Morgan fingerprint density at radius 3 is 2.19 bits per heavy atom. The number of amides is 3. The van der Waals surface area contributed by atoms with Gasteiger partial charge in [-0.1, -0.05) is 54.1 Å². The Labute approximate surface area is 191 Å². The summed E-state index contributed by atoms with van der Waals surface area (Å²) in [5.41, 5.74) is 3.26. The summed E-state index contributed by atoms with van der Waals surface area (Å²) in [6, 6.07) is 24.1. The molecule has 0 N–H and O–H groups in total. The highest BCUT2D eigenvalue weighted by Crippen LogP contribution is 2.22. The monoisotopic (exact) mass is 447 g/mol. The molecule has 1 saturated heterocycles. The van der Waals surface area contributed by atoms with E-state index in [0.717, 1.165) is 11.1 Å². The molecule has 3 aromatic carbocycles. The van der Waals surface area contributed by atoms with E-state index in [2.05, 4.69) is 0 Å². The van der Waals surface area contributed by atoms with Gasteiger partial charge in [-0.25, -0.2) is 0 Å². The predicted octanol–water partition coefficient (Wildman–Crippen LogP) is 3.91. The van der Waals surface area contributed by atoms with Crippen molar-refractivity contribution in [2.75, 3.05) is 31.7 Å². The maximum Gasteiger partial charge on any atom is 0.254 e. The third-order valence-electron chi connectivity index (χ3n) is 5.39. The van der Waals surface area contributed by atoms with E-state index in [4.69, 9.17) is 11.6 Å². The Morgan fingerprint density at radius 2 is 1.53 bits per heavy atom. The number of rotatable bonds is 5. The fourth-order valence-corrected chi connectivity index (χ4v) is 3.72. The molecule has 3 amide bonds. The van der Waals surface area contributed by atoms with E-state index < -0.39 is 0 Å². The van der Waals surface area contributed by atoms with Gasteiger partial charge >= 0.3 is 0 Å². The summed E-state index contributed by atoms with van der Waals surface area (Å²) < 4.78 is 0. The molecule has 1 heterocycles. The lowest BCUT2D eigenvalue weighted by Gasteiger charge is -2.22. The van der Waals surface area contributed by atoms with Crippen LogP contribution in [0.1, 0.15) is 10.4 Å². The normalized spacial score (nSPS) is 13.4. The summed E-state index contributed by atoms with van der Waals surface area (Å²) in [6.07, 6.45) is 0. The molecule has 1 aliphatic rings. The maximum atomic E-state index is 12.8. The zero-order valence-electron chi connectivity index (χ0n) is 17.6. The Balaban J connectivity index is 1.37. The van der Waals surface area contributed by atoms with Gasteiger partial charge in [-0.3, -0.25) is 19.3 Å². The molecule has 0 unspecified atom stereocenters. The summed E-state index contributed by atoms with van der Waals surface area (Å²) in [4.78, 5) is 42.3. The van der Waals surface area contributed by atoms with Gasteiger partial charge in [0, 0.05) is 23.3 Å². The quantitative estimate of drug-likeness (QED) is 0.595. The Kier molecular flexibility index (Phi) is 6.23. The van der Waals surface area contributed by atoms with Crippen LogP contribution in [0, 0.1) is 0 Å². The van der Waals surface area contributed by atoms with Gasteiger partial charge < -0.3 is 9.80 Å². The topological polar surface area (TPSA) is 60.9 Å². The lowest BCUT2D eigenvalue weighted by Crippen LogP contribution is -2.40. The van der Waals surface area contributed by atoms with Crippen molar-refractivity contribution < 1.29 is 14.4 Å². The molecule has 0 radical (unpaired) electrons. The third kappa shape index (κ3) is 4.65. The molecule has 7 heteroatoms. The molecule has 3 aromatic rings. The number of hydrogen-bond acceptors (Lipinski definition) is 3. The van der Waals surface area contributed by atoms with Gasteiger partial charge in [-0.05, 0) is 47.5 Å². The van der Waals surface area contributed by atoms with Crippen LogP contribution >= 0.6 is 11.6 Å². The summed E-state index contributed by atoms with van der Waals surface area (Å²) in [5, 5.41) is 0.574. The van der Waals surface area contributed by atoms with Gasteiger partial charge in [0.2, 0.25) is 11.8 Å². The first-order valence-corrected chi connectivity index (χ1v) is 10.5. The second-order valence-electron chi connectivity index (χ2n) is 7.64. The number of carbonyl (C=O) groups excluding carboxylic acids is 3. The molecule has 0 atom stereocenters. The maximum absolute atomic E-state index is 12.8. The van der Waals surface area contributed by atoms with Crippen molar-refractivity contribution in [1.29, 1.82) is 0 Å². The van der Waals surface area contributed by atoms with Crippen molar-refractivity contribution in [3.05, 3.63) is 89.4 Å². The van der Waals surface area contributed by atoms with Crippen molar-refractivity contribution in [3.8, 4) is 11.1 Å². The minimum Gasteiger partial charge on any atom is -0.332 e. The second-order valence-corrected chi connectivity index (χ2v) is 8.07. The zero-order chi connectivity index (χ0) is 22.7. The highest BCUT2D eigenvalue weighted by molar-refractivity contribution is 6.30. The van der Waals surface area contributed by atoms with E-state index in [1.165, 1.54) is 14.7 Å². The average molecular weight is 448 g/mol. The largest absolute Gasteiger partial charge is 0.332 e. The van der Waals surface area contributed by atoms with Crippen molar-refractivity contribution in [2.24, 2.45) is 0 Å². The molecule has 0 aromatic heterocycles. The fraction of sp³-hybridized carbons (Fsp3) is 0.160. The van der Waals surface area contributed by atoms with Crippen LogP contribution in [0.25, 0.3) is 11.1 Å². The first-order valence-electron chi connectivity index (χ1n) is 10.2. The highest BCUT2D eigenvalue weighted by atomic mass is 35.5. The van der Waals surface area contributed by atoms with Crippen LogP contribution in [0.15, 0.2) is 78.9 Å². The van der Waals surface area contributed by atoms with E-state index in [9.17, 15) is 14.4 Å². The van der Waals surface area contributed by atoms with Gasteiger partial charge in [-0.15, -0.1) is 0 Å². The molecule has 0 saturated carbocycles. The lowest BCUT2D eigenvalue weighted by molar-refractivity contribution is -0.132. The number of benzene rings is 3. The molecule has 0 bridgehead atoms. The van der Waals surface area contributed by atoms with Gasteiger partial charge in [0.05, 0.1) is 6.54 Å². The molecule has 6 nitrogen and oxygen atoms in total. The van der Waals surface area contributed by atoms with Crippen molar-refractivity contribution in [1.82, 2.24) is 9.80 Å². The SMILES string of the molecule is CN(CC(=O)N1CC(=O)N(c2ccc(Cl)cc2)C1)C(=O)c1ccc(-c2ccccc2)cc1. The molecular weight excluding hydrogens is 426 g/mol. The highest BCUT2D eigenvalue weighted by Gasteiger charge is 2.32. The Hall–Kier alpha value is -3.64. The van der Waals surface area contributed by atoms with Gasteiger partial charge in [-0.2, -0.15) is 0 Å². The molecular formula is C25H22ClN3O3. The molecule has 1 fully saturated rings. The summed E-state index contributed by atoms with van der Waals surface area (Å²) >= 11 is 5.91. The molecule has 1 aliphatic heterocycles. The van der Waals surface area contributed by atoms with Gasteiger partial charge in [0.15, 0.2) is 0 Å². The van der Waals surface area contributed by atoms with Crippen LogP contribution in [-0.4, -0.2) is 54.3 Å². The predicted molar refractivity (Wildman–Crippen MR) is 124 cm³/mol. The Morgan fingerprint density at radius 1 is 0.906 bits per heavy atom. The number of hydrogen-bond donors (Lipinski definition) is 0. The van der Waals surface area contributed by atoms with E-state index >= 15 is 0 Å². The molecule has 0 spiro atoms. The summed E-state index contributed by atoms with van der Waals surface area (Å²) in [5.74, 6) is -0.712. The first-order chi connectivity index (χ1) is 15.4. The number of likely N-dealkylation sites (N-methyl/N-ethyl adjacent to an activating group) is 1. The van der Waals surface area contributed by atoms with E-state index in [1.807, 2.05) is 42.5 Å².